The number of piperazine rings is 1. The van der Waals surface area contributed by atoms with E-state index in [1.807, 2.05) is 4.90 Å². The zero-order valence-corrected chi connectivity index (χ0v) is 18.2. The van der Waals surface area contributed by atoms with Gasteiger partial charge in [0, 0.05) is 43.8 Å². The average molecular weight is 450 g/mol. The molecule has 1 atom stereocenters. The van der Waals surface area contributed by atoms with Crippen LogP contribution in [0.5, 0.6) is 5.75 Å². The molecule has 6 nitrogen and oxygen atoms in total. The molecule has 8 heteroatoms. The van der Waals surface area contributed by atoms with Gasteiger partial charge < -0.3 is 20.1 Å². The number of ether oxygens (including phenoxy) is 1. The number of halogens is 2. The van der Waals surface area contributed by atoms with E-state index in [9.17, 15) is 9.18 Å². The van der Waals surface area contributed by atoms with Gasteiger partial charge in [0.15, 0.2) is 6.61 Å². The minimum absolute atomic E-state index is 0.0188. The van der Waals surface area contributed by atoms with Crippen molar-refractivity contribution in [2.45, 2.75) is 19.0 Å². The largest absolute Gasteiger partial charge is 0.484 e. The van der Waals surface area contributed by atoms with Crippen LogP contribution in [0.2, 0.25) is 5.02 Å². The summed E-state index contributed by atoms with van der Waals surface area (Å²) in [5.74, 6) is 0.312. The maximum Gasteiger partial charge on any atom is 0.260 e. The number of carbonyl (C=O) groups is 1. The second-order valence-electron chi connectivity index (χ2n) is 7.60. The molecule has 1 aliphatic rings. The Labute approximate surface area is 187 Å². The minimum atomic E-state index is -0.246. The summed E-state index contributed by atoms with van der Waals surface area (Å²) in [4.78, 5) is 16.9. The Bertz CT molecular complexity index is 820. The molecule has 1 unspecified atom stereocenters. The van der Waals surface area contributed by atoms with Crippen molar-refractivity contribution in [2.24, 2.45) is 0 Å². The fraction of sp³-hybridized carbons (Fsp3) is 0.435. The Morgan fingerprint density at radius 3 is 2.58 bits per heavy atom. The summed E-state index contributed by atoms with van der Waals surface area (Å²) < 4.78 is 18.9. The number of amides is 1. The van der Waals surface area contributed by atoms with E-state index in [2.05, 4.69) is 10.2 Å². The van der Waals surface area contributed by atoms with Crippen molar-refractivity contribution in [3.05, 3.63) is 64.9 Å². The van der Waals surface area contributed by atoms with Crippen molar-refractivity contribution in [3.8, 4) is 5.75 Å². The third-order valence-corrected chi connectivity index (χ3v) is 5.63. The first kappa shape index (κ1) is 23.5. The predicted octanol–water partition coefficient (Wildman–Crippen LogP) is 2.54. The Morgan fingerprint density at radius 2 is 1.87 bits per heavy atom. The fourth-order valence-electron chi connectivity index (χ4n) is 3.67. The highest BCUT2D eigenvalue weighted by molar-refractivity contribution is 6.30. The number of nitrogens with one attached hydrogen (secondary N) is 1. The van der Waals surface area contributed by atoms with Gasteiger partial charge in [-0.3, -0.25) is 9.69 Å². The van der Waals surface area contributed by atoms with Gasteiger partial charge >= 0.3 is 0 Å². The summed E-state index contributed by atoms with van der Waals surface area (Å²) in [7, 11) is 0. The summed E-state index contributed by atoms with van der Waals surface area (Å²) in [6, 6.07) is 13.6. The van der Waals surface area contributed by atoms with Crippen LogP contribution >= 0.6 is 11.6 Å². The van der Waals surface area contributed by atoms with E-state index in [0.29, 0.717) is 37.0 Å². The molecule has 0 aromatic heterocycles. The van der Waals surface area contributed by atoms with Gasteiger partial charge in [-0.2, -0.15) is 0 Å². The van der Waals surface area contributed by atoms with Crippen molar-refractivity contribution < 1.29 is 19.0 Å². The van der Waals surface area contributed by atoms with E-state index in [1.54, 1.807) is 36.4 Å². The molecule has 31 heavy (non-hydrogen) atoms. The highest BCUT2D eigenvalue weighted by Crippen LogP contribution is 2.19. The first-order chi connectivity index (χ1) is 15.0. The lowest BCUT2D eigenvalue weighted by atomic mass is 10.1. The highest BCUT2D eigenvalue weighted by Gasteiger charge is 2.29. The highest BCUT2D eigenvalue weighted by atomic mass is 35.5. The maximum absolute atomic E-state index is 13.2. The van der Waals surface area contributed by atoms with Crippen molar-refractivity contribution in [1.82, 2.24) is 15.1 Å². The number of rotatable bonds is 10. The molecule has 0 radical (unpaired) electrons. The van der Waals surface area contributed by atoms with Gasteiger partial charge in [0.1, 0.15) is 11.6 Å². The molecule has 1 fully saturated rings. The van der Waals surface area contributed by atoms with E-state index in [-0.39, 0.29) is 31.0 Å². The van der Waals surface area contributed by atoms with Crippen molar-refractivity contribution in [3.63, 3.8) is 0 Å². The third kappa shape index (κ3) is 7.47. The summed E-state index contributed by atoms with van der Waals surface area (Å²) in [5, 5.41) is 12.8. The lowest BCUT2D eigenvalue weighted by Crippen LogP contribution is -2.55. The second-order valence-corrected chi connectivity index (χ2v) is 8.03. The van der Waals surface area contributed by atoms with Gasteiger partial charge in [-0.15, -0.1) is 0 Å². The Hall–Kier alpha value is -2.19. The summed E-state index contributed by atoms with van der Waals surface area (Å²) in [5.41, 5.74) is 1.04. The van der Waals surface area contributed by atoms with Crippen molar-refractivity contribution >= 4 is 17.5 Å². The lowest BCUT2D eigenvalue weighted by Gasteiger charge is -2.41. The average Bonchev–Trinajstić information content (AvgIpc) is 2.78. The molecule has 168 valence electrons. The monoisotopic (exact) mass is 449 g/mol. The molecule has 0 spiro atoms. The molecule has 1 heterocycles. The third-order valence-electron chi connectivity index (χ3n) is 5.38. The molecule has 2 aromatic rings. The molecule has 0 bridgehead atoms. The second kappa shape index (κ2) is 12.0. The van der Waals surface area contributed by atoms with Crippen LogP contribution in [0.1, 0.15) is 12.0 Å². The van der Waals surface area contributed by atoms with E-state index >= 15 is 0 Å². The van der Waals surface area contributed by atoms with E-state index in [1.165, 1.54) is 12.1 Å². The minimum Gasteiger partial charge on any atom is -0.484 e. The normalized spacial score (nSPS) is 17.0. The number of nitrogens with zero attached hydrogens (tertiary/aromatic N) is 2. The first-order valence-corrected chi connectivity index (χ1v) is 10.9. The van der Waals surface area contributed by atoms with E-state index < -0.39 is 0 Å². The molecule has 2 N–H and O–H groups in total. The van der Waals surface area contributed by atoms with Gasteiger partial charge in [0.05, 0.1) is 6.61 Å². The molecule has 3 rings (SSSR count). The molecule has 2 aromatic carbocycles. The Kier molecular flexibility index (Phi) is 9.09. The van der Waals surface area contributed by atoms with Gasteiger partial charge in [0.25, 0.3) is 5.91 Å². The smallest absolute Gasteiger partial charge is 0.260 e. The Balaban J connectivity index is 1.57. The molecule has 1 saturated heterocycles. The number of benzene rings is 2. The number of aliphatic hydroxyl groups is 1. The predicted molar refractivity (Wildman–Crippen MR) is 119 cm³/mol. The van der Waals surface area contributed by atoms with Crippen LogP contribution in [0.25, 0.3) is 0 Å². The van der Waals surface area contributed by atoms with Crippen LogP contribution in [0.4, 0.5) is 4.39 Å². The molecule has 1 amide bonds. The lowest BCUT2D eigenvalue weighted by molar-refractivity contribution is -0.136. The molecular formula is C23H29ClFN3O3. The van der Waals surface area contributed by atoms with Crippen LogP contribution < -0.4 is 10.1 Å². The van der Waals surface area contributed by atoms with E-state index in [4.69, 9.17) is 21.4 Å². The number of aliphatic hydroxyl groups excluding tert-OH is 1. The summed E-state index contributed by atoms with van der Waals surface area (Å²) in [6.45, 7) is 4.01. The van der Waals surface area contributed by atoms with Crippen molar-refractivity contribution in [2.75, 3.05) is 45.9 Å². The van der Waals surface area contributed by atoms with Crippen LogP contribution in [-0.4, -0.2) is 72.8 Å². The summed E-state index contributed by atoms with van der Waals surface area (Å²) >= 11 is 5.88. The van der Waals surface area contributed by atoms with Crippen LogP contribution in [-0.2, 0) is 11.3 Å². The SMILES string of the molecule is O=C(COc1ccc(Cl)cc1)N1CCN(Cc2ccc(F)cc2)C(CCNCCO)C1. The maximum atomic E-state index is 13.2. The molecule has 0 saturated carbocycles. The quantitative estimate of drug-likeness (QED) is 0.546. The topological polar surface area (TPSA) is 65.0 Å². The van der Waals surface area contributed by atoms with Crippen molar-refractivity contribution in [1.29, 1.82) is 0 Å². The number of carbonyl (C=O) groups excluding carboxylic acids is 1. The van der Waals surface area contributed by atoms with Gasteiger partial charge in [0.2, 0.25) is 0 Å². The first-order valence-electron chi connectivity index (χ1n) is 10.5. The summed E-state index contributed by atoms with van der Waals surface area (Å²) in [6.07, 6.45) is 0.836. The number of hydrogen-bond donors (Lipinski definition) is 2. The standard InChI is InChI=1S/C23H29ClFN3O3/c24-19-3-7-22(8-4-19)31-17-23(30)28-13-12-27(15-18-1-5-20(25)6-2-18)21(16-28)9-10-26-11-14-29/h1-8,21,26,29H,9-17H2. The van der Waals surface area contributed by atoms with Gasteiger partial charge in [-0.1, -0.05) is 23.7 Å². The molecule has 1 aliphatic heterocycles. The van der Waals surface area contributed by atoms with Crippen LogP contribution in [0.15, 0.2) is 48.5 Å². The van der Waals surface area contributed by atoms with Gasteiger partial charge in [-0.05, 0) is 54.9 Å². The molecule has 0 aliphatic carbocycles. The van der Waals surface area contributed by atoms with E-state index in [0.717, 1.165) is 25.1 Å². The molecular weight excluding hydrogens is 421 g/mol. The zero-order chi connectivity index (χ0) is 22.1. The van der Waals surface area contributed by atoms with Crippen LogP contribution in [0.3, 0.4) is 0 Å². The zero-order valence-electron chi connectivity index (χ0n) is 17.5. The number of hydrogen-bond acceptors (Lipinski definition) is 5. The van der Waals surface area contributed by atoms with Crippen LogP contribution in [0, 0.1) is 5.82 Å². The van der Waals surface area contributed by atoms with Gasteiger partial charge in [-0.25, -0.2) is 4.39 Å². The Morgan fingerprint density at radius 1 is 1.13 bits per heavy atom. The fourth-order valence-corrected chi connectivity index (χ4v) is 3.79.